The van der Waals surface area contributed by atoms with Gasteiger partial charge in [0.1, 0.15) is 5.75 Å². The van der Waals surface area contributed by atoms with Crippen LogP contribution in [0, 0.1) is 10.1 Å². The number of nitro groups is 1. The van der Waals surface area contributed by atoms with Crippen LogP contribution in [0.5, 0.6) is 5.75 Å². The van der Waals surface area contributed by atoms with Gasteiger partial charge in [-0.2, -0.15) is 0 Å². The van der Waals surface area contributed by atoms with Crippen molar-refractivity contribution in [1.82, 2.24) is 4.90 Å². The lowest BCUT2D eigenvalue weighted by Gasteiger charge is -2.12. The van der Waals surface area contributed by atoms with E-state index in [-0.39, 0.29) is 11.5 Å². The number of carbonyl (C=O) groups excluding carboxylic acids is 1. The van der Waals surface area contributed by atoms with E-state index in [1.165, 1.54) is 30.3 Å². The van der Waals surface area contributed by atoms with Gasteiger partial charge in [-0.25, -0.2) is 0 Å². The molecule has 0 bridgehead atoms. The molecule has 0 aliphatic heterocycles. The number of ketones is 1. The maximum absolute atomic E-state index is 11.7. The zero-order valence-electron chi connectivity index (χ0n) is 11.1. The number of ether oxygens (including phenoxy) is 1. The summed E-state index contributed by atoms with van der Waals surface area (Å²) < 4.78 is 5.40. The van der Waals surface area contributed by atoms with Crippen molar-refractivity contribution in [3.8, 4) is 5.75 Å². The predicted molar refractivity (Wildman–Crippen MR) is 71.0 cm³/mol. The smallest absolute Gasteiger partial charge is 0.269 e. The molecular weight excluding hydrogens is 248 g/mol. The molecule has 1 unspecified atom stereocenters. The van der Waals surface area contributed by atoms with Gasteiger partial charge in [-0.3, -0.25) is 14.9 Å². The first-order valence-electron chi connectivity index (χ1n) is 5.69. The number of non-ortho nitro benzene ring substituents is 1. The molecule has 0 saturated carbocycles. The molecule has 1 atom stereocenters. The summed E-state index contributed by atoms with van der Waals surface area (Å²) in [5, 5.41) is 10.5. The minimum Gasteiger partial charge on any atom is -0.483 e. The lowest BCUT2D eigenvalue weighted by atomic mass is 10.2. The first-order chi connectivity index (χ1) is 8.90. The van der Waals surface area contributed by atoms with Gasteiger partial charge in [0.15, 0.2) is 11.9 Å². The topological polar surface area (TPSA) is 72.7 Å². The summed E-state index contributed by atoms with van der Waals surface area (Å²) in [5.74, 6) is 0.247. The maximum atomic E-state index is 11.7. The van der Waals surface area contributed by atoms with Crippen LogP contribution in [0.2, 0.25) is 0 Å². The highest BCUT2D eigenvalue weighted by atomic mass is 16.6. The molecule has 6 nitrogen and oxygen atoms in total. The molecule has 0 heterocycles. The Labute approximate surface area is 111 Å². The molecule has 0 aromatic heterocycles. The van der Waals surface area contributed by atoms with Crippen LogP contribution in [0.25, 0.3) is 0 Å². The molecule has 0 aliphatic carbocycles. The number of carbonyl (C=O) groups is 1. The molecule has 102 valence electrons. The summed E-state index contributed by atoms with van der Waals surface area (Å²) in [7, 11) is 3.62. The molecule has 1 aromatic carbocycles. The standard InChI is InChI=1S/C13H16N2O4/c1-10(13(16)8-9-14(2)3)19-12-6-4-11(5-7-12)15(17)18/h4-10H,1-3H3/b9-8+. The van der Waals surface area contributed by atoms with Crippen LogP contribution in [0.1, 0.15) is 6.92 Å². The highest BCUT2D eigenvalue weighted by Crippen LogP contribution is 2.18. The van der Waals surface area contributed by atoms with E-state index in [9.17, 15) is 14.9 Å². The Hall–Kier alpha value is -2.37. The summed E-state index contributed by atoms with van der Waals surface area (Å²) in [5.41, 5.74) is -0.0150. The van der Waals surface area contributed by atoms with Crippen molar-refractivity contribution in [3.05, 3.63) is 46.7 Å². The number of benzene rings is 1. The van der Waals surface area contributed by atoms with Crippen molar-refractivity contribution in [2.24, 2.45) is 0 Å². The van der Waals surface area contributed by atoms with Crippen LogP contribution >= 0.6 is 0 Å². The van der Waals surface area contributed by atoms with Gasteiger partial charge in [0.25, 0.3) is 5.69 Å². The molecular formula is C13H16N2O4. The largest absolute Gasteiger partial charge is 0.483 e. The highest BCUT2D eigenvalue weighted by Gasteiger charge is 2.12. The van der Waals surface area contributed by atoms with E-state index in [1.807, 2.05) is 14.1 Å². The summed E-state index contributed by atoms with van der Waals surface area (Å²) in [6.45, 7) is 1.63. The van der Waals surface area contributed by atoms with Gasteiger partial charge in [-0.1, -0.05) is 0 Å². The summed E-state index contributed by atoms with van der Waals surface area (Å²) in [4.78, 5) is 23.4. The van der Waals surface area contributed by atoms with E-state index in [0.717, 1.165) is 0 Å². The summed E-state index contributed by atoms with van der Waals surface area (Å²) >= 11 is 0. The highest BCUT2D eigenvalue weighted by molar-refractivity contribution is 5.93. The minimum absolute atomic E-state index is 0.0150. The average Bonchev–Trinajstić information content (AvgIpc) is 2.36. The fourth-order valence-electron chi connectivity index (χ4n) is 1.27. The predicted octanol–water partition coefficient (Wildman–Crippen LogP) is 2.01. The van der Waals surface area contributed by atoms with Crippen LogP contribution in [-0.2, 0) is 4.79 Å². The zero-order chi connectivity index (χ0) is 14.4. The monoisotopic (exact) mass is 264 g/mol. The van der Waals surface area contributed by atoms with Crippen LogP contribution in [0.3, 0.4) is 0 Å². The molecule has 0 saturated heterocycles. The Morgan fingerprint density at radius 2 is 1.95 bits per heavy atom. The second-order valence-corrected chi connectivity index (χ2v) is 4.19. The van der Waals surface area contributed by atoms with E-state index in [2.05, 4.69) is 0 Å². The first-order valence-corrected chi connectivity index (χ1v) is 5.69. The van der Waals surface area contributed by atoms with Crippen molar-refractivity contribution in [1.29, 1.82) is 0 Å². The van der Waals surface area contributed by atoms with E-state index in [1.54, 1.807) is 18.0 Å². The van der Waals surface area contributed by atoms with Gasteiger partial charge in [0.05, 0.1) is 4.92 Å². The maximum Gasteiger partial charge on any atom is 0.269 e. The Morgan fingerprint density at radius 3 is 2.42 bits per heavy atom. The average molecular weight is 264 g/mol. The van der Waals surface area contributed by atoms with Gasteiger partial charge >= 0.3 is 0 Å². The summed E-state index contributed by atoms with van der Waals surface area (Å²) in [6.07, 6.45) is 2.42. The van der Waals surface area contributed by atoms with Gasteiger partial charge in [0, 0.05) is 38.5 Å². The molecule has 19 heavy (non-hydrogen) atoms. The van der Waals surface area contributed by atoms with Crippen molar-refractivity contribution in [2.75, 3.05) is 14.1 Å². The van der Waals surface area contributed by atoms with Gasteiger partial charge < -0.3 is 9.64 Å². The van der Waals surface area contributed by atoms with Crippen LogP contribution in [0.4, 0.5) is 5.69 Å². The van der Waals surface area contributed by atoms with Crippen LogP contribution in [0.15, 0.2) is 36.5 Å². The van der Waals surface area contributed by atoms with E-state index < -0.39 is 11.0 Å². The van der Waals surface area contributed by atoms with Gasteiger partial charge in [-0.15, -0.1) is 0 Å². The Bertz CT molecular complexity index is 480. The third-order valence-electron chi connectivity index (χ3n) is 2.30. The number of hydrogen-bond acceptors (Lipinski definition) is 5. The van der Waals surface area contributed by atoms with E-state index >= 15 is 0 Å². The number of nitrogens with zero attached hydrogens (tertiary/aromatic N) is 2. The molecule has 1 aromatic rings. The molecule has 6 heteroatoms. The van der Waals surface area contributed by atoms with Crippen molar-refractivity contribution < 1.29 is 14.5 Å². The lowest BCUT2D eigenvalue weighted by molar-refractivity contribution is -0.384. The molecule has 0 spiro atoms. The quantitative estimate of drug-likeness (QED) is 0.446. The second-order valence-electron chi connectivity index (χ2n) is 4.19. The summed E-state index contributed by atoms with van der Waals surface area (Å²) in [6, 6.07) is 5.61. The Kier molecular flexibility index (Phi) is 5.05. The lowest BCUT2D eigenvalue weighted by Crippen LogP contribution is -2.22. The fourth-order valence-corrected chi connectivity index (χ4v) is 1.27. The molecule has 0 aliphatic rings. The molecule has 0 amide bonds. The number of nitro benzene ring substituents is 1. The van der Waals surface area contributed by atoms with Crippen LogP contribution < -0.4 is 4.74 Å². The SMILES string of the molecule is CC(Oc1ccc([N+](=O)[O-])cc1)C(=O)/C=C/N(C)C. The van der Waals surface area contributed by atoms with Crippen molar-refractivity contribution in [2.45, 2.75) is 13.0 Å². The molecule has 0 radical (unpaired) electrons. The normalized spacial score (nSPS) is 12.2. The third-order valence-corrected chi connectivity index (χ3v) is 2.30. The number of rotatable bonds is 6. The van der Waals surface area contributed by atoms with E-state index in [0.29, 0.717) is 5.75 Å². The van der Waals surface area contributed by atoms with Crippen LogP contribution in [-0.4, -0.2) is 35.8 Å². The van der Waals surface area contributed by atoms with Gasteiger partial charge in [0.2, 0.25) is 0 Å². The Balaban J connectivity index is 2.63. The molecule has 0 N–H and O–H groups in total. The zero-order valence-corrected chi connectivity index (χ0v) is 11.1. The first kappa shape index (κ1) is 14.7. The van der Waals surface area contributed by atoms with Gasteiger partial charge in [-0.05, 0) is 19.1 Å². The minimum atomic E-state index is -0.641. The van der Waals surface area contributed by atoms with Crippen molar-refractivity contribution in [3.63, 3.8) is 0 Å². The van der Waals surface area contributed by atoms with Crippen molar-refractivity contribution >= 4 is 11.5 Å². The third kappa shape index (κ3) is 4.79. The van der Waals surface area contributed by atoms with E-state index in [4.69, 9.17) is 4.74 Å². The number of hydrogen-bond donors (Lipinski definition) is 0. The Morgan fingerprint density at radius 1 is 1.37 bits per heavy atom. The molecule has 1 rings (SSSR count). The molecule has 0 fully saturated rings. The fraction of sp³-hybridized carbons (Fsp3) is 0.308. The second kappa shape index (κ2) is 6.53.